The first-order chi connectivity index (χ1) is 11.0. The summed E-state index contributed by atoms with van der Waals surface area (Å²) < 4.78 is 6.06. The van der Waals surface area contributed by atoms with Crippen LogP contribution in [0, 0.1) is 0 Å². The molecule has 1 aliphatic rings. The molecule has 3 rings (SSSR count). The van der Waals surface area contributed by atoms with E-state index in [2.05, 4.69) is 27.8 Å². The van der Waals surface area contributed by atoms with Crippen LogP contribution in [0.2, 0.25) is 0 Å². The highest BCUT2D eigenvalue weighted by molar-refractivity contribution is 8.32. The van der Waals surface area contributed by atoms with Crippen LogP contribution in [0.4, 0.5) is 0 Å². The van der Waals surface area contributed by atoms with Crippen molar-refractivity contribution in [1.29, 1.82) is 0 Å². The molecule has 1 amide bonds. The standard InChI is InChI=1S/C16H25N3O2S2/c1-21-16-19-14-13(22-16)10-12(18-14)15(20)17-11-6-4-8-23(2,3)9-5-7-11/h10-11,18H,4-9H2,1-3H3,(H,17,20). The molecule has 0 saturated carbocycles. The summed E-state index contributed by atoms with van der Waals surface area (Å²) >= 11 is 1.45. The largest absolute Gasteiger partial charge is 0.473 e. The molecular formula is C16H25N3O2S2. The number of carbonyl (C=O) groups excluding carboxylic acids is 1. The van der Waals surface area contributed by atoms with Crippen molar-refractivity contribution in [2.45, 2.75) is 31.7 Å². The van der Waals surface area contributed by atoms with Gasteiger partial charge in [0.15, 0.2) is 5.65 Å². The van der Waals surface area contributed by atoms with Crippen molar-refractivity contribution in [3.63, 3.8) is 0 Å². The summed E-state index contributed by atoms with van der Waals surface area (Å²) in [6.07, 6.45) is 9.46. The van der Waals surface area contributed by atoms with Crippen molar-refractivity contribution in [3.8, 4) is 5.19 Å². The third-order valence-corrected chi connectivity index (χ3v) is 8.17. The smallest absolute Gasteiger partial charge is 0.275 e. The van der Waals surface area contributed by atoms with Crippen molar-refractivity contribution in [2.75, 3.05) is 31.1 Å². The third kappa shape index (κ3) is 4.01. The Morgan fingerprint density at radius 1 is 1.39 bits per heavy atom. The topological polar surface area (TPSA) is 67.0 Å². The normalized spacial score (nSPS) is 20.7. The van der Waals surface area contributed by atoms with E-state index >= 15 is 0 Å². The molecule has 23 heavy (non-hydrogen) atoms. The fourth-order valence-corrected chi connectivity index (χ4v) is 5.98. The van der Waals surface area contributed by atoms with E-state index in [1.54, 1.807) is 7.11 Å². The van der Waals surface area contributed by atoms with Crippen molar-refractivity contribution in [3.05, 3.63) is 11.8 Å². The van der Waals surface area contributed by atoms with E-state index in [1.165, 1.54) is 35.7 Å². The molecule has 128 valence electrons. The highest BCUT2D eigenvalue weighted by Gasteiger charge is 2.21. The Morgan fingerprint density at radius 2 is 2.09 bits per heavy atom. The summed E-state index contributed by atoms with van der Waals surface area (Å²) in [5.41, 5.74) is 1.31. The predicted molar refractivity (Wildman–Crippen MR) is 99.4 cm³/mol. The molecule has 0 aromatic carbocycles. The second kappa shape index (κ2) is 6.73. The highest BCUT2D eigenvalue weighted by atomic mass is 32.3. The molecule has 0 spiro atoms. The SMILES string of the molecule is COc1nc2[nH]c(C(=O)NC3CCCS(C)(C)CCC3)cc2s1. The fraction of sp³-hybridized carbons (Fsp3) is 0.625. The lowest BCUT2D eigenvalue weighted by Gasteiger charge is -2.35. The lowest BCUT2D eigenvalue weighted by atomic mass is 10.1. The van der Waals surface area contributed by atoms with Crippen molar-refractivity contribution < 1.29 is 9.53 Å². The van der Waals surface area contributed by atoms with Crippen LogP contribution in [0.3, 0.4) is 0 Å². The first-order valence-electron chi connectivity index (χ1n) is 8.00. The van der Waals surface area contributed by atoms with Crippen molar-refractivity contribution in [2.24, 2.45) is 0 Å². The predicted octanol–water partition coefficient (Wildman–Crippen LogP) is 3.37. The van der Waals surface area contributed by atoms with Crippen LogP contribution in [0.1, 0.15) is 36.2 Å². The van der Waals surface area contributed by atoms with E-state index in [-0.39, 0.29) is 5.91 Å². The van der Waals surface area contributed by atoms with Crippen LogP contribution in [0.25, 0.3) is 10.3 Å². The number of nitrogens with one attached hydrogen (secondary N) is 2. The number of fused-ring (bicyclic) bond motifs is 1. The number of nitrogens with zero attached hydrogens (tertiary/aromatic N) is 1. The fourth-order valence-electron chi connectivity index (χ4n) is 3.10. The van der Waals surface area contributed by atoms with Gasteiger partial charge in [0.2, 0.25) is 0 Å². The van der Waals surface area contributed by atoms with Gasteiger partial charge < -0.3 is 15.0 Å². The number of rotatable bonds is 3. The molecule has 5 nitrogen and oxygen atoms in total. The second-order valence-electron chi connectivity index (χ2n) is 6.71. The first-order valence-corrected chi connectivity index (χ1v) is 11.6. The Bertz CT molecular complexity index is 649. The van der Waals surface area contributed by atoms with Gasteiger partial charge in [0.1, 0.15) is 5.69 Å². The van der Waals surface area contributed by atoms with Gasteiger partial charge in [-0.15, -0.1) is 0 Å². The Kier molecular flexibility index (Phi) is 4.87. The maximum Gasteiger partial charge on any atom is 0.275 e. The number of carbonyl (C=O) groups is 1. The Hall–Kier alpha value is -1.21. The molecule has 2 aromatic heterocycles. The number of hydrogen-bond donors (Lipinski definition) is 2. The molecule has 0 aliphatic carbocycles. The van der Waals surface area contributed by atoms with Gasteiger partial charge in [-0.2, -0.15) is 4.98 Å². The van der Waals surface area contributed by atoms with E-state index in [4.69, 9.17) is 4.74 Å². The maximum atomic E-state index is 12.5. The summed E-state index contributed by atoms with van der Waals surface area (Å²) in [5.74, 6) is 2.62. The van der Waals surface area contributed by atoms with E-state index in [0.717, 1.165) is 23.2 Å². The molecular weight excluding hydrogens is 330 g/mol. The number of amides is 1. The maximum absolute atomic E-state index is 12.5. The van der Waals surface area contributed by atoms with Crippen LogP contribution in [-0.2, 0) is 0 Å². The Morgan fingerprint density at radius 3 is 2.70 bits per heavy atom. The summed E-state index contributed by atoms with van der Waals surface area (Å²) in [7, 11) is 1.20. The van der Waals surface area contributed by atoms with Gasteiger partial charge in [-0.1, -0.05) is 11.3 Å². The first kappa shape index (κ1) is 16.6. The number of H-pyrrole nitrogens is 1. The van der Waals surface area contributed by atoms with Crippen LogP contribution >= 0.6 is 21.4 Å². The van der Waals surface area contributed by atoms with Gasteiger partial charge >= 0.3 is 0 Å². The van der Waals surface area contributed by atoms with Crippen LogP contribution in [0.15, 0.2) is 6.07 Å². The van der Waals surface area contributed by atoms with Gasteiger partial charge in [0, 0.05) is 6.04 Å². The molecule has 2 N–H and O–H groups in total. The zero-order valence-corrected chi connectivity index (χ0v) is 15.6. The molecule has 0 atom stereocenters. The van der Waals surface area contributed by atoms with Crippen LogP contribution in [-0.4, -0.2) is 53.0 Å². The third-order valence-electron chi connectivity index (χ3n) is 4.42. The van der Waals surface area contributed by atoms with Gasteiger partial charge in [0.05, 0.1) is 11.8 Å². The number of thiazole rings is 1. The molecule has 7 heteroatoms. The van der Waals surface area contributed by atoms with Crippen LogP contribution in [0.5, 0.6) is 5.19 Å². The van der Waals surface area contributed by atoms with Crippen molar-refractivity contribution in [1.82, 2.24) is 15.3 Å². The average molecular weight is 356 g/mol. The van der Waals surface area contributed by atoms with Gasteiger partial charge in [0.25, 0.3) is 11.1 Å². The van der Waals surface area contributed by atoms with Crippen molar-refractivity contribution >= 4 is 37.6 Å². The van der Waals surface area contributed by atoms with Crippen LogP contribution < -0.4 is 10.1 Å². The quantitative estimate of drug-likeness (QED) is 0.887. The monoisotopic (exact) mass is 355 g/mol. The Balaban J connectivity index is 1.62. The van der Waals surface area contributed by atoms with E-state index in [9.17, 15) is 4.79 Å². The number of aromatic nitrogens is 2. The van der Waals surface area contributed by atoms with E-state index in [1.807, 2.05) is 6.07 Å². The van der Waals surface area contributed by atoms with Gasteiger partial charge in [-0.3, -0.25) is 4.79 Å². The van der Waals surface area contributed by atoms with Gasteiger partial charge in [-0.25, -0.2) is 10.0 Å². The molecule has 1 aliphatic heterocycles. The molecule has 0 bridgehead atoms. The zero-order valence-electron chi connectivity index (χ0n) is 14.0. The minimum atomic E-state index is -0.401. The summed E-state index contributed by atoms with van der Waals surface area (Å²) in [6, 6.07) is 2.16. The number of aromatic amines is 1. The lowest BCUT2D eigenvalue weighted by molar-refractivity contribution is 0.0928. The minimum Gasteiger partial charge on any atom is -0.473 e. The number of methoxy groups -OCH3 is 1. The van der Waals surface area contributed by atoms with E-state index < -0.39 is 10.0 Å². The summed E-state index contributed by atoms with van der Waals surface area (Å²) in [5, 5.41) is 3.81. The number of hydrogen-bond acceptors (Lipinski definition) is 4. The Labute approximate surface area is 142 Å². The van der Waals surface area contributed by atoms with E-state index in [0.29, 0.717) is 16.9 Å². The average Bonchev–Trinajstić information content (AvgIpc) is 3.02. The highest BCUT2D eigenvalue weighted by Crippen LogP contribution is 2.43. The lowest BCUT2D eigenvalue weighted by Crippen LogP contribution is -2.36. The molecule has 1 fully saturated rings. The van der Waals surface area contributed by atoms with Gasteiger partial charge in [-0.05, 0) is 55.8 Å². The second-order valence-corrected chi connectivity index (χ2v) is 12.1. The zero-order chi connectivity index (χ0) is 16.4. The molecule has 0 radical (unpaired) electrons. The number of ether oxygens (including phenoxy) is 1. The summed E-state index contributed by atoms with van der Waals surface area (Å²) in [6.45, 7) is 0. The molecule has 3 heterocycles. The minimum absolute atomic E-state index is 0.0219. The summed E-state index contributed by atoms with van der Waals surface area (Å²) in [4.78, 5) is 19.8. The molecule has 0 unspecified atom stereocenters. The molecule has 2 aromatic rings. The molecule has 1 saturated heterocycles.